The first kappa shape index (κ1) is 10.8. The zero-order valence-electron chi connectivity index (χ0n) is 9.10. The Kier molecular flexibility index (Phi) is 3.33. The molecule has 0 aliphatic rings. The van der Waals surface area contributed by atoms with Gasteiger partial charge < -0.3 is 0 Å². The first-order chi connectivity index (χ1) is 7.79. The van der Waals surface area contributed by atoms with E-state index >= 15 is 0 Å². The summed E-state index contributed by atoms with van der Waals surface area (Å²) >= 11 is 1.63. The molecule has 16 heavy (non-hydrogen) atoms. The third-order valence-electron chi connectivity index (χ3n) is 2.46. The molecule has 0 aliphatic heterocycles. The predicted octanol–water partition coefficient (Wildman–Crippen LogP) is 3.11. The minimum absolute atomic E-state index is 0.407. The Balaban J connectivity index is 2.15. The predicted molar refractivity (Wildman–Crippen MR) is 65.4 cm³/mol. The maximum atomic E-state index is 8.58. The van der Waals surface area contributed by atoms with Crippen LogP contribution in [0.2, 0.25) is 0 Å². The van der Waals surface area contributed by atoms with Gasteiger partial charge in [0.15, 0.2) is 0 Å². The molecule has 1 heterocycles. The summed E-state index contributed by atoms with van der Waals surface area (Å²) in [6.07, 6.45) is 1.27. The van der Waals surface area contributed by atoms with Gasteiger partial charge in [0.2, 0.25) is 0 Å². The van der Waals surface area contributed by atoms with Gasteiger partial charge in [0.25, 0.3) is 0 Å². The minimum atomic E-state index is 0.407. The van der Waals surface area contributed by atoms with E-state index in [0.717, 1.165) is 17.1 Å². The summed E-state index contributed by atoms with van der Waals surface area (Å²) in [5.74, 6) is 0. The van der Waals surface area contributed by atoms with E-state index < -0.39 is 0 Å². The molecule has 0 spiro atoms. The third kappa shape index (κ3) is 2.47. The van der Waals surface area contributed by atoms with Crippen LogP contribution in [0.25, 0.3) is 0 Å². The molecular formula is C13H12N2S. The SMILES string of the molecule is Cc1ccccc1Cc1nc(CC#N)cs1. The van der Waals surface area contributed by atoms with Gasteiger partial charge in [0, 0.05) is 11.8 Å². The smallest absolute Gasteiger partial charge is 0.0972 e. The molecule has 0 N–H and O–H groups in total. The highest BCUT2D eigenvalue weighted by molar-refractivity contribution is 7.09. The van der Waals surface area contributed by atoms with Gasteiger partial charge in [-0.25, -0.2) is 4.98 Å². The summed E-state index contributed by atoms with van der Waals surface area (Å²) in [4.78, 5) is 4.43. The van der Waals surface area contributed by atoms with Crippen molar-refractivity contribution in [2.24, 2.45) is 0 Å². The lowest BCUT2D eigenvalue weighted by atomic mass is 10.1. The number of thiazole rings is 1. The number of benzene rings is 1. The number of rotatable bonds is 3. The van der Waals surface area contributed by atoms with Crippen molar-refractivity contribution in [3.05, 3.63) is 51.5 Å². The van der Waals surface area contributed by atoms with Crippen molar-refractivity contribution in [1.82, 2.24) is 4.98 Å². The zero-order chi connectivity index (χ0) is 11.4. The van der Waals surface area contributed by atoms with Crippen LogP contribution in [0.4, 0.5) is 0 Å². The fourth-order valence-electron chi connectivity index (χ4n) is 1.56. The number of aromatic nitrogens is 1. The molecule has 2 aromatic rings. The molecule has 1 aromatic heterocycles. The second kappa shape index (κ2) is 4.91. The summed E-state index contributed by atoms with van der Waals surface area (Å²) in [5.41, 5.74) is 3.48. The summed E-state index contributed by atoms with van der Waals surface area (Å²) in [5, 5.41) is 11.6. The van der Waals surface area contributed by atoms with Crippen molar-refractivity contribution < 1.29 is 0 Å². The fourth-order valence-corrected chi connectivity index (χ4v) is 2.38. The highest BCUT2D eigenvalue weighted by Crippen LogP contribution is 2.17. The van der Waals surface area contributed by atoms with E-state index in [0.29, 0.717) is 6.42 Å². The Morgan fingerprint density at radius 2 is 2.19 bits per heavy atom. The van der Waals surface area contributed by atoms with E-state index in [1.165, 1.54) is 11.1 Å². The number of nitrogens with zero attached hydrogens (tertiary/aromatic N) is 2. The Morgan fingerprint density at radius 1 is 1.38 bits per heavy atom. The first-order valence-corrected chi connectivity index (χ1v) is 6.02. The number of hydrogen-bond donors (Lipinski definition) is 0. The Morgan fingerprint density at radius 3 is 2.94 bits per heavy atom. The third-order valence-corrected chi connectivity index (χ3v) is 3.36. The van der Waals surface area contributed by atoms with Gasteiger partial charge in [-0.05, 0) is 18.1 Å². The number of hydrogen-bond acceptors (Lipinski definition) is 3. The van der Waals surface area contributed by atoms with E-state index in [2.05, 4.69) is 30.1 Å². The number of nitriles is 1. The van der Waals surface area contributed by atoms with E-state index in [9.17, 15) is 0 Å². The zero-order valence-corrected chi connectivity index (χ0v) is 9.92. The van der Waals surface area contributed by atoms with E-state index in [4.69, 9.17) is 5.26 Å². The van der Waals surface area contributed by atoms with Crippen LogP contribution < -0.4 is 0 Å². The highest BCUT2D eigenvalue weighted by atomic mass is 32.1. The molecule has 0 saturated heterocycles. The van der Waals surface area contributed by atoms with Crippen molar-refractivity contribution in [2.75, 3.05) is 0 Å². The second-order valence-corrected chi connectivity index (χ2v) is 4.61. The van der Waals surface area contributed by atoms with Crippen LogP contribution >= 0.6 is 11.3 Å². The van der Waals surface area contributed by atoms with Gasteiger partial charge in [-0.15, -0.1) is 11.3 Å². The monoisotopic (exact) mass is 228 g/mol. The van der Waals surface area contributed by atoms with Crippen LogP contribution in [0.3, 0.4) is 0 Å². The summed E-state index contributed by atoms with van der Waals surface area (Å²) in [7, 11) is 0. The molecular weight excluding hydrogens is 216 g/mol. The lowest BCUT2D eigenvalue weighted by Gasteiger charge is -2.01. The summed E-state index contributed by atoms with van der Waals surface area (Å²) < 4.78 is 0. The normalized spacial score (nSPS) is 10.0. The van der Waals surface area contributed by atoms with Crippen molar-refractivity contribution in [3.63, 3.8) is 0 Å². The van der Waals surface area contributed by atoms with Crippen LogP contribution in [0, 0.1) is 18.3 Å². The van der Waals surface area contributed by atoms with Crippen molar-refractivity contribution in [3.8, 4) is 6.07 Å². The maximum Gasteiger partial charge on any atom is 0.0972 e. The van der Waals surface area contributed by atoms with Crippen molar-refractivity contribution in [1.29, 1.82) is 5.26 Å². The van der Waals surface area contributed by atoms with E-state index in [1.54, 1.807) is 11.3 Å². The molecule has 0 saturated carbocycles. The molecule has 0 bridgehead atoms. The fraction of sp³-hybridized carbons (Fsp3) is 0.231. The Labute approximate surface area is 99.2 Å². The lowest BCUT2D eigenvalue weighted by Crippen LogP contribution is -1.91. The Bertz CT molecular complexity index is 523. The van der Waals surface area contributed by atoms with Crippen LogP contribution in [0.5, 0.6) is 0 Å². The molecule has 3 heteroatoms. The molecule has 1 aromatic carbocycles. The van der Waals surface area contributed by atoms with Crippen LogP contribution in [-0.4, -0.2) is 4.98 Å². The molecule has 2 rings (SSSR count). The van der Waals surface area contributed by atoms with Gasteiger partial charge >= 0.3 is 0 Å². The van der Waals surface area contributed by atoms with Crippen LogP contribution in [0.15, 0.2) is 29.6 Å². The molecule has 0 atom stereocenters. The van der Waals surface area contributed by atoms with Crippen molar-refractivity contribution in [2.45, 2.75) is 19.8 Å². The minimum Gasteiger partial charge on any atom is -0.245 e. The first-order valence-electron chi connectivity index (χ1n) is 5.14. The molecule has 0 aliphatic carbocycles. The molecule has 80 valence electrons. The largest absolute Gasteiger partial charge is 0.245 e. The van der Waals surface area contributed by atoms with Gasteiger partial charge in [0.05, 0.1) is 23.2 Å². The average molecular weight is 228 g/mol. The molecule has 0 amide bonds. The lowest BCUT2D eigenvalue weighted by molar-refractivity contribution is 1.06. The van der Waals surface area contributed by atoms with Gasteiger partial charge in [-0.3, -0.25) is 0 Å². The standard InChI is InChI=1S/C13H12N2S/c1-10-4-2-3-5-11(10)8-13-15-12(6-7-14)9-16-13/h2-5,9H,6,8H2,1H3. The van der Waals surface area contributed by atoms with Crippen LogP contribution in [-0.2, 0) is 12.8 Å². The molecule has 2 nitrogen and oxygen atoms in total. The van der Waals surface area contributed by atoms with E-state index in [1.807, 2.05) is 17.5 Å². The average Bonchev–Trinajstić information content (AvgIpc) is 2.70. The maximum absolute atomic E-state index is 8.58. The molecule has 0 fully saturated rings. The van der Waals surface area contributed by atoms with E-state index in [-0.39, 0.29) is 0 Å². The topological polar surface area (TPSA) is 36.7 Å². The quantitative estimate of drug-likeness (QED) is 0.809. The highest BCUT2D eigenvalue weighted by Gasteiger charge is 2.04. The molecule has 0 radical (unpaired) electrons. The Hall–Kier alpha value is -1.66. The summed E-state index contributed by atoms with van der Waals surface area (Å²) in [6, 6.07) is 10.4. The molecule has 0 unspecified atom stereocenters. The summed E-state index contributed by atoms with van der Waals surface area (Å²) in [6.45, 7) is 2.11. The van der Waals surface area contributed by atoms with Crippen LogP contribution in [0.1, 0.15) is 21.8 Å². The number of aryl methyl sites for hydroxylation is 1. The van der Waals surface area contributed by atoms with Gasteiger partial charge in [0.1, 0.15) is 0 Å². The second-order valence-electron chi connectivity index (χ2n) is 3.67. The van der Waals surface area contributed by atoms with Gasteiger partial charge in [-0.2, -0.15) is 5.26 Å². The van der Waals surface area contributed by atoms with Gasteiger partial charge in [-0.1, -0.05) is 24.3 Å². The van der Waals surface area contributed by atoms with Crippen molar-refractivity contribution >= 4 is 11.3 Å².